The molecule has 0 saturated heterocycles. The molecule has 0 aliphatic carbocycles. The quantitative estimate of drug-likeness (QED) is 0.584. The van der Waals surface area contributed by atoms with Gasteiger partial charge in [0.15, 0.2) is 0 Å². The van der Waals surface area contributed by atoms with Crippen molar-refractivity contribution < 1.29 is 0 Å². The second-order valence-electron chi connectivity index (χ2n) is 7.29. The average Bonchev–Trinajstić information content (AvgIpc) is 3.32. The van der Waals surface area contributed by atoms with Crippen LogP contribution in [0.2, 0.25) is 0 Å². The van der Waals surface area contributed by atoms with E-state index < -0.39 is 0 Å². The van der Waals surface area contributed by atoms with Crippen LogP contribution >= 0.6 is 0 Å². The highest BCUT2D eigenvalue weighted by Crippen LogP contribution is 2.31. The zero-order chi connectivity index (χ0) is 19.1. The average molecular weight is 363 g/mol. The van der Waals surface area contributed by atoms with E-state index in [4.69, 9.17) is 4.99 Å². The number of rotatable bonds is 3. The van der Waals surface area contributed by atoms with E-state index in [1.54, 1.807) is 0 Å². The first kappa shape index (κ1) is 16.6. The number of nitrogens with zero attached hydrogens (tertiary/aromatic N) is 2. The van der Waals surface area contributed by atoms with Crippen molar-refractivity contribution in [2.24, 2.45) is 4.99 Å². The topological polar surface area (TPSA) is 31.4 Å². The number of H-pyrrole nitrogens is 1. The number of para-hydroxylation sites is 2. The molecule has 28 heavy (non-hydrogen) atoms. The summed E-state index contributed by atoms with van der Waals surface area (Å²) >= 11 is 0. The smallest absolute Gasteiger partial charge is 0.0743 e. The SMILES string of the molecule is CN(C)c1ccc(/C(=C2\C=c3ccccc3=N2)c2cc3ccccc3[nH]2)cc1. The van der Waals surface area contributed by atoms with Gasteiger partial charge >= 0.3 is 0 Å². The molecule has 2 heterocycles. The Hall–Kier alpha value is -3.59. The minimum Gasteiger partial charge on any atom is -0.378 e. The van der Waals surface area contributed by atoms with E-state index in [0.717, 1.165) is 38.6 Å². The Morgan fingerprint density at radius 3 is 2.36 bits per heavy atom. The molecule has 1 N–H and O–H groups in total. The van der Waals surface area contributed by atoms with E-state index in [9.17, 15) is 0 Å². The van der Waals surface area contributed by atoms with Gasteiger partial charge in [-0.1, -0.05) is 48.5 Å². The molecule has 1 aliphatic rings. The van der Waals surface area contributed by atoms with Crippen molar-refractivity contribution in [1.82, 2.24) is 4.98 Å². The second-order valence-corrected chi connectivity index (χ2v) is 7.29. The summed E-state index contributed by atoms with van der Waals surface area (Å²) in [6.07, 6.45) is 2.18. The lowest BCUT2D eigenvalue weighted by molar-refractivity contribution is 1.13. The Morgan fingerprint density at radius 2 is 1.61 bits per heavy atom. The summed E-state index contributed by atoms with van der Waals surface area (Å²) in [5.74, 6) is 0. The van der Waals surface area contributed by atoms with Crippen LogP contribution in [0.15, 0.2) is 89.6 Å². The lowest BCUT2D eigenvalue weighted by atomic mass is 9.99. The van der Waals surface area contributed by atoms with E-state index in [1.165, 1.54) is 11.1 Å². The molecule has 3 heteroatoms. The molecule has 4 aromatic rings. The minimum absolute atomic E-state index is 0.991. The van der Waals surface area contributed by atoms with Crippen LogP contribution in [0.3, 0.4) is 0 Å². The Labute approximate surface area is 164 Å². The monoisotopic (exact) mass is 363 g/mol. The normalized spacial score (nSPS) is 14.4. The summed E-state index contributed by atoms with van der Waals surface area (Å²) in [6, 6.07) is 27.5. The van der Waals surface area contributed by atoms with Gasteiger partial charge in [-0.3, -0.25) is 0 Å². The van der Waals surface area contributed by atoms with Gasteiger partial charge in [0.2, 0.25) is 0 Å². The van der Waals surface area contributed by atoms with Crippen LogP contribution in [0.4, 0.5) is 5.69 Å². The lowest BCUT2D eigenvalue weighted by Gasteiger charge is -2.14. The maximum absolute atomic E-state index is 4.93. The van der Waals surface area contributed by atoms with Crippen LogP contribution in [0, 0.1) is 0 Å². The summed E-state index contributed by atoms with van der Waals surface area (Å²) in [5.41, 5.74) is 6.67. The maximum Gasteiger partial charge on any atom is 0.0743 e. The van der Waals surface area contributed by atoms with Crippen LogP contribution in [0.25, 0.3) is 22.6 Å². The molecule has 3 aromatic carbocycles. The van der Waals surface area contributed by atoms with Crippen molar-refractivity contribution in [2.45, 2.75) is 0 Å². The number of allylic oxidation sites excluding steroid dienone is 1. The zero-order valence-electron chi connectivity index (χ0n) is 16.0. The van der Waals surface area contributed by atoms with Crippen LogP contribution in [-0.2, 0) is 0 Å². The van der Waals surface area contributed by atoms with Gasteiger partial charge < -0.3 is 9.88 Å². The number of hydrogen-bond donors (Lipinski definition) is 1. The van der Waals surface area contributed by atoms with Gasteiger partial charge in [-0.2, -0.15) is 0 Å². The van der Waals surface area contributed by atoms with Crippen molar-refractivity contribution in [2.75, 3.05) is 19.0 Å². The first-order valence-corrected chi connectivity index (χ1v) is 9.45. The molecule has 0 unspecified atom stereocenters. The van der Waals surface area contributed by atoms with Gasteiger partial charge in [0.05, 0.1) is 11.1 Å². The third kappa shape index (κ3) is 2.81. The Kier molecular flexibility index (Phi) is 3.87. The molecule has 1 aliphatic heterocycles. The van der Waals surface area contributed by atoms with Gasteiger partial charge in [-0.15, -0.1) is 0 Å². The van der Waals surface area contributed by atoms with Crippen LogP contribution in [0.5, 0.6) is 0 Å². The molecule has 0 radical (unpaired) electrons. The first-order chi connectivity index (χ1) is 13.7. The highest BCUT2D eigenvalue weighted by molar-refractivity contribution is 5.92. The number of nitrogens with one attached hydrogen (secondary N) is 1. The molecule has 136 valence electrons. The standard InChI is InChI=1S/C25H21N3/c1-28(2)20-13-11-17(12-14-20)25(23-15-18-7-3-5-9-21(18)26-23)24-16-19-8-4-6-10-22(19)27-24/h3-16,26H,1-2H3/b25-24-. The lowest BCUT2D eigenvalue weighted by Crippen LogP contribution is -2.19. The number of aromatic nitrogens is 1. The molecule has 0 fully saturated rings. The summed E-state index contributed by atoms with van der Waals surface area (Å²) in [7, 11) is 4.12. The fourth-order valence-electron chi connectivity index (χ4n) is 3.72. The van der Waals surface area contributed by atoms with Gasteiger partial charge in [0.25, 0.3) is 0 Å². The maximum atomic E-state index is 4.93. The van der Waals surface area contributed by atoms with Gasteiger partial charge in [-0.05, 0) is 42.0 Å². The Morgan fingerprint density at radius 1 is 0.857 bits per heavy atom. The largest absolute Gasteiger partial charge is 0.378 e. The van der Waals surface area contributed by atoms with E-state index >= 15 is 0 Å². The molecule has 0 bridgehead atoms. The van der Waals surface area contributed by atoms with Crippen molar-refractivity contribution in [3.05, 3.63) is 106 Å². The summed E-state index contributed by atoms with van der Waals surface area (Å²) in [4.78, 5) is 10.6. The van der Waals surface area contributed by atoms with Gasteiger partial charge in [0.1, 0.15) is 0 Å². The Balaban J connectivity index is 1.75. The summed E-state index contributed by atoms with van der Waals surface area (Å²) in [6.45, 7) is 0. The van der Waals surface area contributed by atoms with Crippen molar-refractivity contribution in [3.8, 4) is 0 Å². The number of fused-ring (bicyclic) bond motifs is 2. The predicted octanol–water partition coefficient (Wildman–Crippen LogP) is 4.11. The molecular formula is C25H21N3. The Bertz CT molecular complexity index is 1250. The molecule has 0 amide bonds. The molecule has 0 saturated carbocycles. The molecule has 1 aromatic heterocycles. The zero-order valence-corrected chi connectivity index (χ0v) is 16.0. The number of hydrogen-bond acceptors (Lipinski definition) is 2. The third-order valence-electron chi connectivity index (χ3n) is 5.20. The first-order valence-electron chi connectivity index (χ1n) is 9.45. The molecule has 3 nitrogen and oxygen atoms in total. The van der Waals surface area contributed by atoms with Crippen molar-refractivity contribution in [1.29, 1.82) is 0 Å². The van der Waals surface area contributed by atoms with Crippen LogP contribution in [0.1, 0.15) is 11.3 Å². The molecule has 5 rings (SSSR count). The van der Waals surface area contributed by atoms with E-state index in [2.05, 4.69) is 103 Å². The predicted molar refractivity (Wildman–Crippen MR) is 117 cm³/mol. The van der Waals surface area contributed by atoms with Crippen molar-refractivity contribution >= 4 is 28.2 Å². The number of benzene rings is 3. The molecular weight excluding hydrogens is 342 g/mol. The highest BCUT2D eigenvalue weighted by Gasteiger charge is 2.15. The van der Waals surface area contributed by atoms with Crippen molar-refractivity contribution in [3.63, 3.8) is 0 Å². The second kappa shape index (κ2) is 6.54. The van der Waals surface area contributed by atoms with Gasteiger partial charge in [-0.25, -0.2) is 4.99 Å². The van der Waals surface area contributed by atoms with E-state index in [-0.39, 0.29) is 0 Å². The summed E-state index contributed by atoms with van der Waals surface area (Å²) in [5, 5.41) is 3.39. The number of anilines is 1. The van der Waals surface area contributed by atoms with E-state index in [1.807, 2.05) is 6.07 Å². The third-order valence-corrected chi connectivity index (χ3v) is 5.20. The number of aromatic amines is 1. The highest BCUT2D eigenvalue weighted by atomic mass is 15.1. The van der Waals surface area contributed by atoms with Gasteiger partial charge in [0, 0.05) is 47.2 Å². The minimum atomic E-state index is 0.991. The van der Waals surface area contributed by atoms with E-state index in [0.29, 0.717) is 0 Å². The van der Waals surface area contributed by atoms with Crippen LogP contribution < -0.4 is 15.5 Å². The molecule has 0 atom stereocenters. The molecule has 0 spiro atoms. The fraction of sp³-hybridized carbons (Fsp3) is 0.0800. The van der Waals surface area contributed by atoms with Crippen LogP contribution in [-0.4, -0.2) is 19.1 Å². The fourth-order valence-corrected chi connectivity index (χ4v) is 3.72. The summed E-state index contributed by atoms with van der Waals surface area (Å²) < 4.78 is 0.